The molecular formula is C22H20FN3O2S. The zero-order valence-electron chi connectivity index (χ0n) is 16.1. The Kier molecular flexibility index (Phi) is 4.92. The smallest absolute Gasteiger partial charge is 0.175 e. The van der Waals surface area contributed by atoms with E-state index in [2.05, 4.69) is 11.9 Å². The van der Waals surface area contributed by atoms with E-state index < -0.39 is 9.84 Å². The van der Waals surface area contributed by atoms with Crippen molar-refractivity contribution in [1.29, 1.82) is 0 Å². The molecule has 0 atom stereocenters. The van der Waals surface area contributed by atoms with Crippen molar-refractivity contribution >= 4 is 15.5 Å². The lowest BCUT2D eigenvalue weighted by Crippen LogP contribution is -1.99. The second-order valence-electron chi connectivity index (χ2n) is 6.95. The van der Waals surface area contributed by atoms with Crippen LogP contribution in [0.1, 0.15) is 19.0 Å². The molecule has 0 unspecified atom stereocenters. The molecule has 0 saturated heterocycles. The Bertz CT molecular complexity index is 1280. The van der Waals surface area contributed by atoms with Crippen LogP contribution >= 0.6 is 0 Å². The average molecular weight is 409 g/mol. The van der Waals surface area contributed by atoms with Gasteiger partial charge in [-0.25, -0.2) is 22.3 Å². The van der Waals surface area contributed by atoms with Crippen molar-refractivity contribution in [2.45, 2.75) is 24.7 Å². The Morgan fingerprint density at radius 1 is 0.966 bits per heavy atom. The van der Waals surface area contributed by atoms with Crippen LogP contribution in [0, 0.1) is 5.82 Å². The van der Waals surface area contributed by atoms with Crippen molar-refractivity contribution in [3.8, 4) is 22.4 Å². The number of aryl methyl sites for hydroxylation is 1. The van der Waals surface area contributed by atoms with Gasteiger partial charge in [-0.2, -0.15) is 5.10 Å². The van der Waals surface area contributed by atoms with Crippen molar-refractivity contribution < 1.29 is 12.8 Å². The quantitative estimate of drug-likeness (QED) is 0.485. The van der Waals surface area contributed by atoms with Gasteiger partial charge in [-0.05, 0) is 42.3 Å². The summed E-state index contributed by atoms with van der Waals surface area (Å²) in [7, 11) is -3.29. The van der Waals surface area contributed by atoms with Gasteiger partial charge < -0.3 is 0 Å². The van der Waals surface area contributed by atoms with Gasteiger partial charge in [0, 0.05) is 23.7 Å². The minimum Gasteiger partial charge on any atom is -0.236 e. The number of fused-ring (bicyclic) bond motifs is 1. The first kappa shape index (κ1) is 19.3. The van der Waals surface area contributed by atoms with E-state index in [0.29, 0.717) is 11.3 Å². The van der Waals surface area contributed by atoms with Crippen LogP contribution in [0.3, 0.4) is 0 Å². The summed E-state index contributed by atoms with van der Waals surface area (Å²) in [6, 6.07) is 14.8. The van der Waals surface area contributed by atoms with Gasteiger partial charge >= 0.3 is 0 Å². The van der Waals surface area contributed by atoms with Gasteiger partial charge in [-0.3, -0.25) is 0 Å². The van der Waals surface area contributed by atoms with E-state index in [9.17, 15) is 12.8 Å². The molecule has 0 aliphatic rings. The molecule has 29 heavy (non-hydrogen) atoms. The van der Waals surface area contributed by atoms with E-state index in [4.69, 9.17) is 5.10 Å². The minimum absolute atomic E-state index is 0.248. The van der Waals surface area contributed by atoms with E-state index in [1.165, 1.54) is 18.4 Å². The Morgan fingerprint density at radius 2 is 1.62 bits per heavy atom. The summed E-state index contributed by atoms with van der Waals surface area (Å²) in [5.41, 5.74) is 4.74. The molecule has 4 rings (SSSR count). The molecule has 0 radical (unpaired) electrons. The first-order chi connectivity index (χ1) is 13.9. The number of aromatic nitrogens is 3. The summed E-state index contributed by atoms with van der Waals surface area (Å²) in [6.45, 7) is 2.10. The van der Waals surface area contributed by atoms with Crippen molar-refractivity contribution in [3.63, 3.8) is 0 Å². The molecule has 0 N–H and O–H groups in total. The zero-order valence-corrected chi connectivity index (χ0v) is 16.9. The predicted molar refractivity (Wildman–Crippen MR) is 111 cm³/mol. The van der Waals surface area contributed by atoms with Gasteiger partial charge in [-0.1, -0.05) is 37.6 Å². The molecule has 0 bridgehead atoms. The number of halogens is 1. The maximum absolute atomic E-state index is 13.5. The normalized spacial score (nSPS) is 11.8. The van der Waals surface area contributed by atoms with Crippen LogP contribution < -0.4 is 0 Å². The molecule has 4 aromatic rings. The molecule has 0 aliphatic carbocycles. The number of benzene rings is 2. The zero-order chi connectivity index (χ0) is 20.6. The van der Waals surface area contributed by atoms with Crippen LogP contribution in [-0.2, 0) is 16.3 Å². The molecular weight excluding hydrogens is 389 g/mol. The SMILES string of the molecule is CCCc1ccnc2c(-c3ccc(F)cc3)c(-c3ccc(S(C)(=O)=O)cc3)nn12. The van der Waals surface area contributed by atoms with Crippen molar-refractivity contribution in [3.05, 3.63) is 72.3 Å². The van der Waals surface area contributed by atoms with Crippen molar-refractivity contribution in [2.75, 3.05) is 6.26 Å². The second-order valence-corrected chi connectivity index (χ2v) is 8.96. The molecule has 2 heterocycles. The third kappa shape index (κ3) is 3.65. The van der Waals surface area contributed by atoms with E-state index in [1.54, 1.807) is 42.6 Å². The van der Waals surface area contributed by atoms with Gasteiger partial charge in [0.2, 0.25) is 0 Å². The highest BCUT2D eigenvalue weighted by molar-refractivity contribution is 7.90. The van der Waals surface area contributed by atoms with E-state index in [-0.39, 0.29) is 10.7 Å². The molecule has 2 aromatic heterocycles. The summed E-state index contributed by atoms with van der Waals surface area (Å²) < 4.78 is 38.9. The third-order valence-corrected chi connectivity index (χ3v) is 5.92. The lowest BCUT2D eigenvalue weighted by molar-refractivity contribution is 0.602. The van der Waals surface area contributed by atoms with Gasteiger partial charge in [0.25, 0.3) is 0 Å². The van der Waals surface area contributed by atoms with Gasteiger partial charge in [0.05, 0.1) is 10.5 Å². The largest absolute Gasteiger partial charge is 0.236 e. The monoisotopic (exact) mass is 409 g/mol. The van der Waals surface area contributed by atoms with Gasteiger partial charge in [0.15, 0.2) is 15.5 Å². The molecule has 0 fully saturated rings. The summed E-state index contributed by atoms with van der Waals surface area (Å²) in [5, 5.41) is 4.80. The number of hydrogen-bond acceptors (Lipinski definition) is 4. The summed E-state index contributed by atoms with van der Waals surface area (Å²) in [4.78, 5) is 4.78. The molecule has 148 valence electrons. The van der Waals surface area contributed by atoms with Crippen molar-refractivity contribution in [1.82, 2.24) is 14.6 Å². The first-order valence-corrected chi connectivity index (χ1v) is 11.2. The lowest BCUT2D eigenvalue weighted by Gasteiger charge is -2.05. The molecule has 7 heteroatoms. The van der Waals surface area contributed by atoms with E-state index in [0.717, 1.165) is 35.2 Å². The maximum atomic E-state index is 13.5. The Hall–Kier alpha value is -3.06. The topological polar surface area (TPSA) is 64.3 Å². The highest BCUT2D eigenvalue weighted by Gasteiger charge is 2.19. The van der Waals surface area contributed by atoms with Crippen LogP contribution in [0.5, 0.6) is 0 Å². The number of sulfone groups is 1. The Morgan fingerprint density at radius 3 is 2.24 bits per heavy atom. The average Bonchev–Trinajstić information content (AvgIpc) is 3.09. The Balaban J connectivity index is 1.98. The molecule has 0 spiro atoms. The number of hydrogen-bond donors (Lipinski definition) is 0. The highest BCUT2D eigenvalue weighted by atomic mass is 32.2. The minimum atomic E-state index is -3.29. The molecule has 5 nitrogen and oxygen atoms in total. The second kappa shape index (κ2) is 7.40. The Labute approximate surface area is 168 Å². The number of nitrogens with zero attached hydrogens (tertiary/aromatic N) is 3. The molecule has 0 saturated carbocycles. The number of rotatable bonds is 5. The fourth-order valence-corrected chi connectivity index (χ4v) is 4.01. The first-order valence-electron chi connectivity index (χ1n) is 9.31. The summed E-state index contributed by atoms with van der Waals surface area (Å²) in [5.74, 6) is -0.316. The standard InChI is InChI=1S/C22H20FN3O2S/c1-3-4-18-13-14-24-22-20(15-5-9-17(23)10-6-15)21(25-26(18)22)16-7-11-19(12-8-16)29(2,27)28/h5-14H,3-4H2,1-2H3. The van der Waals surface area contributed by atoms with E-state index in [1.807, 2.05) is 10.6 Å². The maximum Gasteiger partial charge on any atom is 0.175 e. The molecule has 0 amide bonds. The van der Waals surface area contributed by atoms with E-state index >= 15 is 0 Å². The summed E-state index contributed by atoms with van der Waals surface area (Å²) >= 11 is 0. The van der Waals surface area contributed by atoms with Crippen molar-refractivity contribution in [2.24, 2.45) is 0 Å². The van der Waals surface area contributed by atoms with Crippen LogP contribution in [-0.4, -0.2) is 29.3 Å². The van der Waals surface area contributed by atoms with Crippen LogP contribution in [0.25, 0.3) is 28.0 Å². The summed E-state index contributed by atoms with van der Waals surface area (Å²) in [6.07, 6.45) is 4.74. The fourth-order valence-electron chi connectivity index (χ4n) is 3.38. The van der Waals surface area contributed by atoms with Gasteiger partial charge in [-0.15, -0.1) is 0 Å². The highest BCUT2D eigenvalue weighted by Crippen LogP contribution is 2.35. The third-order valence-electron chi connectivity index (χ3n) is 4.79. The lowest BCUT2D eigenvalue weighted by atomic mass is 10.0. The fraction of sp³-hybridized carbons (Fsp3) is 0.182. The van der Waals surface area contributed by atoms with Crippen LogP contribution in [0.15, 0.2) is 65.7 Å². The predicted octanol–water partition coefficient (Wildman–Crippen LogP) is 4.56. The molecule has 2 aromatic carbocycles. The molecule has 0 aliphatic heterocycles. The van der Waals surface area contributed by atoms with Gasteiger partial charge in [0.1, 0.15) is 11.5 Å². The van der Waals surface area contributed by atoms with Crippen LogP contribution in [0.2, 0.25) is 0 Å². The van der Waals surface area contributed by atoms with Crippen LogP contribution in [0.4, 0.5) is 4.39 Å².